The molecule has 0 amide bonds. The third-order valence-corrected chi connectivity index (χ3v) is 4.00. The molecule has 0 aliphatic carbocycles. The fourth-order valence-corrected chi connectivity index (χ4v) is 3.04. The summed E-state index contributed by atoms with van der Waals surface area (Å²) in [5.74, 6) is -0.579. The third kappa shape index (κ3) is 5.08. The van der Waals surface area contributed by atoms with Gasteiger partial charge in [0.15, 0.2) is 5.75 Å². The Morgan fingerprint density at radius 2 is 1.91 bits per heavy atom. The fraction of sp³-hybridized carbons (Fsp3) is 0.235. The average Bonchev–Trinajstić information content (AvgIpc) is 2.55. The van der Waals surface area contributed by atoms with Crippen LogP contribution in [0.15, 0.2) is 41.3 Å². The van der Waals surface area contributed by atoms with Crippen LogP contribution < -0.4 is 9.46 Å². The highest BCUT2D eigenvalue weighted by Gasteiger charge is 2.14. The third-order valence-electron chi connectivity index (χ3n) is 2.88. The number of para-hydroxylation sites is 1. The molecule has 0 unspecified atom stereocenters. The molecule has 2 N–H and O–H groups in total. The van der Waals surface area contributed by atoms with Crippen molar-refractivity contribution in [2.45, 2.75) is 25.7 Å². The molecule has 0 aliphatic heterocycles. The molecule has 0 aromatic heterocycles. The van der Waals surface area contributed by atoms with Crippen molar-refractivity contribution in [3.63, 3.8) is 0 Å². The summed E-state index contributed by atoms with van der Waals surface area (Å²) in [6, 6.07) is 10.7. The van der Waals surface area contributed by atoms with Crippen LogP contribution in [-0.4, -0.2) is 18.2 Å². The summed E-state index contributed by atoms with van der Waals surface area (Å²) in [5, 5.41) is 9.37. The summed E-state index contributed by atoms with van der Waals surface area (Å²) in [4.78, 5) is 11.7. The van der Waals surface area contributed by atoms with Gasteiger partial charge in [0.25, 0.3) is 0 Å². The first-order valence-corrected chi connectivity index (χ1v) is 8.31. The van der Waals surface area contributed by atoms with E-state index in [-0.39, 0.29) is 10.6 Å². The number of nitrogens with one attached hydrogen (secondary N) is 1. The molecule has 0 saturated carbocycles. The lowest BCUT2D eigenvalue weighted by Crippen LogP contribution is -1.99. The van der Waals surface area contributed by atoms with Gasteiger partial charge in [0.05, 0.1) is 22.6 Å². The monoisotopic (exact) mass is 353 g/mol. The summed E-state index contributed by atoms with van der Waals surface area (Å²) >= 11 is 7.32. The lowest BCUT2D eigenvalue weighted by molar-refractivity contribution is 0.0696. The van der Waals surface area contributed by atoms with Crippen molar-refractivity contribution in [3.8, 4) is 5.75 Å². The molecule has 0 fully saturated rings. The van der Waals surface area contributed by atoms with Gasteiger partial charge in [0.2, 0.25) is 0 Å². The molecule has 2 rings (SSSR count). The highest BCUT2D eigenvalue weighted by atomic mass is 35.5. The van der Waals surface area contributed by atoms with Crippen LogP contribution in [0.3, 0.4) is 0 Å². The number of carboxylic acids is 1. The molecular formula is C17H20ClNO3S. The SMILES string of the molecule is CC.COc1c(Cl)cc(C(=O)O)cc1SNc1ccccc1C. The maximum atomic E-state index is 11.1. The van der Waals surface area contributed by atoms with E-state index in [1.807, 2.05) is 45.0 Å². The molecule has 0 radical (unpaired) electrons. The number of carbonyl (C=O) groups is 1. The summed E-state index contributed by atoms with van der Waals surface area (Å²) in [5.41, 5.74) is 2.15. The van der Waals surface area contributed by atoms with Crippen molar-refractivity contribution in [3.05, 3.63) is 52.5 Å². The van der Waals surface area contributed by atoms with Gasteiger partial charge in [0.1, 0.15) is 0 Å². The van der Waals surface area contributed by atoms with Gasteiger partial charge in [-0.05, 0) is 42.6 Å². The molecule has 0 heterocycles. The van der Waals surface area contributed by atoms with Crippen molar-refractivity contribution in [2.24, 2.45) is 0 Å². The van der Waals surface area contributed by atoms with E-state index in [0.29, 0.717) is 10.6 Å². The maximum Gasteiger partial charge on any atom is 0.335 e. The molecule has 124 valence electrons. The summed E-state index contributed by atoms with van der Waals surface area (Å²) in [6.07, 6.45) is 0. The normalized spacial score (nSPS) is 9.61. The van der Waals surface area contributed by atoms with Crippen LogP contribution in [-0.2, 0) is 0 Å². The number of halogens is 1. The lowest BCUT2D eigenvalue weighted by Gasteiger charge is -2.13. The largest absolute Gasteiger partial charge is 0.494 e. The quantitative estimate of drug-likeness (QED) is 0.695. The number of hydrogen-bond acceptors (Lipinski definition) is 4. The van der Waals surface area contributed by atoms with E-state index in [0.717, 1.165) is 11.3 Å². The zero-order valence-corrected chi connectivity index (χ0v) is 15.1. The number of carboxylic acid groups (broad SMARTS) is 1. The second-order valence-electron chi connectivity index (χ2n) is 4.31. The van der Waals surface area contributed by atoms with E-state index in [2.05, 4.69) is 4.72 Å². The minimum atomic E-state index is -1.03. The first-order chi connectivity index (χ1) is 11.0. The number of benzene rings is 2. The van der Waals surface area contributed by atoms with Crippen molar-refractivity contribution in [1.29, 1.82) is 0 Å². The molecule has 6 heteroatoms. The molecule has 0 bridgehead atoms. The number of hydrogen-bond donors (Lipinski definition) is 2. The molecule has 2 aromatic rings. The number of rotatable bonds is 5. The molecule has 0 aliphatic rings. The fourth-order valence-electron chi connectivity index (χ4n) is 1.76. The van der Waals surface area contributed by atoms with Crippen molar-refractivity contribution < 1.29 is 14.6 Å². The van der Waals surface area contributed by atoms with Crippen LogP contribution in [0.4, 0.5) is 5.69 Å². The Hall–Kier alpha value is -1.85. The number of methoxy groups -OCH3 is 1. The highest BCUT2D eigenvalue weighted by Crippen LogP contribution is 2.37. The minimum Gasteiger partial charge on any atom is -0.494 e. The molecule has 2 aromatic carbocycles. The number of anilines is 1. The van der Waals surface area contributed by atoms with Crippen LogP contribution in [0.1, 0.15) is 29.8 Å². The first kappa shape index (κ1) is 19.2. The first-order valence-electron chi connectivity index (χ1n) is 7.12. The van der Waals surface area contributed by atoms with Crippen LogP contribution in [0.2, 0.25) is 5.02 Å². The van der Waals surface area contributed by atoms with Gasteiger partial charge < -0.3 is 14.6 Å². The van der Waals surface area contributed by atoms with Crippen molar-refractivity contribution >= 4 is 35.2 Å². The van der Waals surface area contributed by atoms with Gasteiger partial charge in [-0.15, -0.1) is 0 Å². The summed E-state index contributed by atoms with van der Waals surface area (Å²) in [7, 11) is 1.50. The van der Waals surface area contributed by atoms with Gasteiger partial charge in [-0.2, -0.15) is 0 Å². The van der Waals surface area contributed by atoms with Gasteiger partial charge in [-0.3, -0.25) is 0 Å². The second kappa shape index (κ2) is 9.33. The Bertz CT molecular complexity index is 677. The molecule has 0 saturated heterocycles. The minimum absolute atomic E-state index is 0.120. The van der Waals surface area contributed by atoms with Crippen LogP contribution in [0.25, 0.3) is 0 Å². The summed E-state index contributed by atoms with van der Waals surface area (Å²) < 4.78 is 8.43. The topological polar surface area (TPSA) is 58.6 Å². The standard InChI is InChI=1S/C15H14ClNO3S.C2H6/c1-9-5-3-4-6-12(9)17-21-13-8-10(15(18)19)7-11(16)14(13)20-2;1-2/h3-8,17H,1-2H3,(H,18,19);1-2H3. The Morgan fingerprint density at radius 3 is 2.48 bits per heavy atom. The summed E-state index contributed by atoms with van der Waals surface area (Å²) in [6.45, 7) is 5.99. The Morgan fingerprint density at radius 1 is 1.26 bits per heavy atom. The zero-order chi connectivity index (χ0) is 17.4. The Kier molecular flexibility index (Phi) is 7.78. The van der Waals surface area contributed by atoms with E-state index < -0.39 is 5.97 Å². The molecule has 0 spiro atoms. The smallest absolute Gasteiger partial charge is 0.335 e. The van der Waals surface area contributed by atoms with Crippen molar-refractivity contribution in [1.82, 2.24) is 0 Å². The molecule has 0 atom stereocenters. The zero-order valence-electron chi connectivity index (χ0n) is 13.5. The maximum absolute atomic E-state index is 11.1. The number of aromatic carboxylic acids is 1. The molecular weight excluding hydrogens is 334 g/mol. The lowest BCUT2D eigenvalue weighted by atomic mass is 10.2. The predicted octanol–water partition coefficient (Wildman–Crippen LogP) is 5.50. The number of ether oxygens (including phenoxy) is 1. The Labute approximate surface area is 145 Å². The van der Waals surface area contributed by atoms with E-state index in [1.54, 1.807) is 0 Å². The van der Waals surface area contributed by atoms with Crippen molar-refractivity contribution in [2.75, 3.05) is 11.8 Å². The van der Waals surface area contributed by atoms with E-state index in [1.165, 1.54) is 31.2 Å². The van der Waals surface area contributed by atoms with Gasteiger partial charge in [-0.1, -0.05) is 43.6 Å². The van der Waals surface area contributed by atoms with Crippen LogP contribution in [0, 0.1) is 6.92 Å². The van der Waals surface area contributed by atoms with Gasteiger partial charge >= 0.3 is 5.97 Å². The average molecular weight is 354 g/mol. The highest BCUT2D eigenvalue weighted by molar-refractivity contribution is 8.00. The van der Waals surface area contributed by atoms with Gasteiger partial charge in [0, 0.05) is 5.69 Å². The number of aryl methyl sites for hydroxylation is 1. The van der Waals surface area contributed by atoms with E-state index >= 15 is 0 Å². The van der Waals surface area contributed by atoms with Crippen LogP contribution in [0.5, 0.6) is 5.75 Å². The van der Waals surface area contributed by atoms with E-state index in [9.17, 15) is 4.79 Å². The molecule has 23 heavy (non-hydrogen) atoms. The van der Waals surface area contributed by atoms with Gasteiger partial charge in [-0.25, -0.2) is 4.79 Å². The predicted molar refractivity (Wildman–Crippen MR) is 97.0 cm³/mol. The second-order valence-corrected chi connectivity index (χ2v) is 5.57. The molecule has 4 nitrogen and oxygen atoms in total. The van der Waals surface area contributed by atoms with E-state index in [4.69, 9.17) is 21.4 Å². The van der Waals surface area contributed by atoms with Crippen LogP contribution >= 0.6 is 23.5 Å². The Balaban J connectivity index is 0.00000127.